The summed E-state index contributed by atoms with van der Waals surface area (Å²) in [5.74, 6) is -1.14. The fourth-order valence-corrected chi connectivity index (χ4v) is 3.48. The number of carbonyl (C=O) groups is 3. The van der Waals surface area contributed by atoms with Crippen molar-refractivity contribution in [3.63, 3.8) is 0 Å². The summed E-state index contributed by atoms with van der Waals surface area (Å²) in [5, 5.41) is 7.31. The fourth-order valence-electron chi connectivity index (χ4n) is 3.33. The molecule has 0 atom stereocenters. The lowest BCUT2D eigenvalue weighted by molar-refractivity contribution is -0.124. The van der Waals surface area contributed by atoms with Crippen molar-refractivity contribution in [1.82, 2.24) is 16.2 Å². The maximum Gasteiger partial charge on any atom is 0.250 e. The van der Waals surface area contributed by atoms with Crippen molar-refractivity contribution < 1.29 is 14.4 Å². The van der Waals surface area contributed by atoms with Crippen LogP contribution < -0.4 is 21.5 Å². The zero-order valence-electron chi connectivity index (χ0n) is 19.0. The molecule has 0 radical (unpaired) electrons. The van der Waals surface area contributed by atoms with Gasteiger partial charge >= 0.3 is 0 Å². The third-order valence-electron chi connectivity index (χ3n) is 5.02. The zero-order valence-corrected chi connectivity index (χ0v) is 19.8. The molecule has 0 unspecified atom stereocenters. The van der Waals surface area contributed by atoms with Crippen molar-refractivity contribution in [3.8, 4) is 0 Å². The quantitative estimate of drug-likeness (QED) is 0.247. The fraction of sp³-hybridized carbons (Fsp3) is 0.154. The van der Waals surface area contributed by atoms with Crippen molar-refractivity contribution in [1.29, 1.82) is 0 Å². The van der Waals surface area contributed by atoms with Gasteiger partial charge in [0.25, 0.3) is 0 Å². The summed E-state index contributed by atoms with van der Waals surface area (Å²) in [6, 6.07) is 19.4. The Morgan fingerprint density at radius 3 is 2.41 bits per heavy atom. The number of benzene rings is 3. The van der Waals surface area contributed by atoms with E-state index in [2.05, 4.69) is 21.5 Å². The summed E-state index contributed by atoms with van der Waals surface area (Å²) >= 11 is 5.03. The van der Waals surface area contributed by atoms with E-state index >= 15 is 0 Å². The minimum absolute atomic E-state index is 0.00766. The summed E-state index contributed by atoms with van der Waals surface area (Å²) in [6.45, 7) is 3.88. The van der Waals surface area contributed by atoms with Crippen LogP contribution >= 0.6 is 12.2 Å². The number of hydrogen-bond donors (Lipinski definition) is 4. The molecule has 0 saturated heterocycles. The van der Waals surface area contributed by atoms with Crippen molar-refractivity contribution in [2.45, 2.75) is 26.7 Å². The summed E-state index contributed by atoms with van der Waals surface area (Å²) in [4.78, 5) is 36.3. The Hall–Kier alpha value is -4.04. The summed E-state index contributed by atoms with van der Waals surface area (Å²) < 4.78 is 0. The summed E-state index contributed by atoms with van der Waals surface area (Å²) in [7, 11) is 0. The van der Waals surface area contributed by atoms with Gasteiger partial charge in [-0.1, -0.05) is 60.2 Å². The third-order valence-corrected chi connectivity index (χ3v) is 5.23. The first kappa shape index (κ1) is 24.6. The van der Waals surface area contributed by atoms with Crippen LogP contribution in [-0.2, 0) is 14.4 Å². The van der Waals surface area contributed by atoms with E-state index < -0.39 is 11.8 Å². The molecule has 34 heavy (non-hydrogen) atoms. The van der Waals surface area contributed by atoms with E-state index in [1.165, 1.54) is 6.08 Å². The first-order valence-corrected chi connectivity index (χ1v) is 11.2. The highest BCUT2D eigenvalue weighted by Crippen LogP contribution is 2.19. The molecule has 0 aliphatic carbocycles. The van der Waals surface area contributed by atoms with Crippen molar-refractivity contribution in [3.05, 3.63) is 83.4 Å². The Bertz CT molecular complexity index is 1260. The highest BCUT2D eigenvalue weighted by atomic mass is 32.1. The normalized spacial score (nSPS) is 10.6. The molecule has 4 N–H and O–H groups in total. The molecule has 0 aromatic heterocycles. The highest BCUT2D eigenvalue weighted by molar-refractivity contribution is 7.80. The molecule has 3 aromatic rings. The number of anilines is 1. The molecule has 174 valence electrons. The number of nitrogens with one attached hydrogen (secondary N) is 4. The van der Waals surface area contributed by atoms with Gasteiger partial charge in [-0.15, -0.1) is 0 Å². The number of rotatable bonds is 6. The number of aryl methyl sites for hydroxylation is 2. The van der Waals surface area contributed by atoms with Gasteiger partial charge in [-0.3, -0.25) is 30.6 Å². The zero-order chi connectivity index (χ0) is 24.5. The van der Waals surface area contributed by atoms with Crippen LogP contribution in [-0.4, -0.2) is 22.8 Å². The monoisotopic (exact) mass is 474 g/mol. The number of thiocarbonyl (C=S) groups is 1. The van der Waals surface area contributed by atoms with E-state index in [9.17, 15) is 14.4 Å². The van der Waals surface area contributed by atoms with Crippen LogP contribution in [0.1, 0.15) is 29.5 Å². The molecule has 3 aromatic carbocycles. The first-order chi connectivity index (χ1) is 16.3. The first-order valence-electron chi connectivity index (χ1n) is 10.7. The molecular formula is C26H26N4O3S. The molecule has 0 bridgehead atoms. The van der Waals surface area contributed by atoms with E-state index in [4.69, 9.17) is 12.2 Å². The van der Waals surface area contributed by atoms with E-state index in [-0.39, 0.29) is 23.9 Å². The molecule has 8 heteroatoms. The Morgan fingerprint density at radius 2 is 1.62 bits per heavy atom. The Labute approximate surface area is 203 Å². The molecule has 0 saturated carbocycles. The minimum atomic E-state index is -0.437. The van der Waals surface area contributed by atoms with Gasteiger partial charge in [-0.2, -0.15) is 0 Å². The van der Waals surface area contributed by atoms with Gasteiger partial charge in [0.05, 0.1) is 0 Å². The van der Waals surface area contributed by atoms with Crippen LogP contribution in [0.5, 0.6) is 0 Å². The van der Waals surface area contributed by atoms with Crippen molar-refractivity contribution in [2.24, 2.45) is 0 Å². The van der Waals surface area contributed by atoms with E-state index in [0.717, 1.165) is 33.2 Å². The van der Waals surface area contributed by atoms with Crippen LogP contribution in [0.2, 0.25) is 0 Å². The third kappa shape index (κ3) is 7.25. The molecular weight excluding hydrogens is 448 g/mol. The van der Waals surface area contributed by atoms with E-state index in [1.807, 2.05) is 74.5 Å². The van der Waals surface area contributed by atoms with Crippen LogP contribution in [0.25, 0.3) is 16.8 Å². The molecule has 0 aliphatic rings. The Morgan fingerprint density at radius 1 is 0.882 bits per heavy atom. The van der Waals surface area contributed by atoms with E-state index in [0.29, 0.717) is 0 Å². The largest absolute Gasteiger partial charge is 0.326 e. The lowest BCUT2D eigenvalue weighted by atomic mass is 10.0. The van der Waals surface area contributed by atoms with Gasteiger partial charge < -0.3 is 5.32 Å². The molecule has 3 amide bonds. The minimum Gasteiger partial charge on any atom is -0.326 e. The predicted octanol–water partition coefficient (Wildman–Crippen LogP) is 3.91. The summed E-state index contributed by atoms with van der Waals surface area (Å²) in [5.41, 5.74) is 8.52. The number of fused-ring (bicyclic) bond motifs is 1. The maximum atomic E-state index is 12.2. The van der Waals surface area contributed by atoms with Crippen LogP contribution in [0.15, 0.2) is 66.7 Å². The Balaban J connectivity index is 1.40. The van der Waals surface area contributed by atoms with Gasteiger partial charge in [0.1, 0.15) is 0 Å². The van der Waals surface area contributed by atoms with Gasteiger partial charge in [0.15, 0.2) is 5.11 Å². The van der Waals surface area contributed by atoms with Crippen LogP contribution in [0, 0.1) is 13.8 Å². The van der Waals surface area contributed by atoms with Gasteiger partial charge in [0.2, 0.25) is 17.7 Å². The van der Waals surface area contributed by atoms with Crippen molar-refractivity contribution >= 4 is 57.6 Å². The average Bonchev–Trinajstić information content (AvgIpc) is 2.82. The lowest BCUT2D eigenvalue weighted by Crippen LogP contribution is -2.48. The number of hydrazine groups is 1. The molecule has 7 nitrogen and oxygen atoms in total. The summed E-state index contributed by atoms with van der Waals surface area (Å²) in [6.07, 6.45) is 3.04. The maximum absolute atomic E-state index is 12.2. The van der Waals surface area contributed by atoms with Crippen LogP contribution in [0.4, 0.5) is 5.69 Å². The molecule has 3 rings (SSSR count). The van der Waals surface area contributed by atoms with Crippen molar-refractivity contribution in [2.75, 3.05) is 5.32 Å². The molecule has 0 fully saturated rings. The second-order valence-electron chi connectivity index (χ2n) is 7.76. The Kier molecular flexibility index (Phi) is 8.48. The number of hydrogen-bond acceptors (Lipinski definition) is 4. The van der Waals surface area contributed by atoms with Crippen LogP contribution in [0.3, 0.4) is 0 Å². The lowest BCUT2D eigenvalue weighted by Gasteiger charge is -2.11. The second-order valence-corrected chi connectivity index (χ2v) is 8.17. The SMILES string of the molecule is Cc1ccc(NC(=O)CCC(=O)NNC(=S)NC(=O)/C=C/c2cccc3ccccc23)c(C)c1. The average molecular weight is 475 g/mol. The van der Waals surface area contributed by atoms with Gasteiger partial charge in [0, 0.05) is 24.6 Å². The number of amides is 3. The smallest absolute Gasteiger partial charge is 0.250 e. The van der Waals surface area contributed by atoms with Gasteiger partial charge in [-0.25, -0.2) is 0 Å². The van der Waals surface area contributed by atoms with E-state index in [1.54, 1.807) is 6.08 Å². The topological polar surface area (TPSA) is 99.3 Å². The standard InChI is InChI=1S/C26H26N4O3S/c1-17-10-12-22(18(2)16-17)27-23(31)14-15-25(33)29-30-26(34)28-24(32)13-11-20-8-5-7-19-6-3-4-9-21(19)20/h3-13,16H,14-15H2,1-2H3,(H,27,31)(H,29,33)(H2,28,30,32,34)/b13-11+. The second kappa shape index (κ2) is 11.7. The predicted molar refractivity (Wildman–Crippen MR) is 139 cm³/mol. The molecule has 0 spiro atoms. The molecule has 0 aliphatic heterocycles. The molecule has 0 heterocycles. The highest BCUT2D eigenvalue weighted by Gasteiger charge is 2.09. The van der Waals surface area contributed by atoms with Gasteiger partial charge in [-0.05, 0) is 60.1 Å². The number of carbonyl (C=O) groups excluding carboxylic acids is 3.